The molecule has 0 amide bonds. The van der Waals surface area contributed by atoms with Crippen molar-refractivity contribution in [3.05, 3.63) is 6.54 Å². The van der Waals surface area contributed by atoms with Crippen molar-refractivity contribution in [3.8, 4) is 0 Å². The van der Waals surface area contributed by atoms with E-state index >= 15 is 0 Å². The molecule has 47 valence electrons. The molecule has 0 aromatic heterocycles. The molecule has 0 bridgehead atoms. The zero-order chi connectivity index (χ0) is 6.20. The number of nitrogens with zero attached hydrogens (tertiary/aromatic N) is 1. The zero-order valence-electron chi connectivity index (χ0n) is 4.46. The average Bonchev–Trinajstić information content (AvgIpc) is 1.86. The van der Waals surface area contributed by atoms with Crippen LogP contribution < -0.4 is 4.72 Å². The van der Waals surface area contributed by atoms with E-state index in [1.807, 2.05) is 0 Å². The Balaban J connectivity index is 2.85. The third-order valence-electron chi connectivity index (χ3n) is 0.991. The van der Waals surface area contributed by atoms with Gasteiger partial charge in [-0.15, -0.1) is 0 Å². The van der Waals surface area contributed by atoms with Gasteiger partial charge in [-0.05, 0) is 0 Å². The van der Waals surface area contributed by atoms with E-state index in [1.165, 1.54) is 17.9 Å². The Bertz CT molecular complexity index is 174. The van der Waals surface area contributed by atoms with Crippen molar-refractivity contribution in [2.45, 2.75) is 0 Å². The summed E-state index contributed by atoms with van der Waals surface area (Å²) in [4.78, 5) is 0. The molecule has 5 heteroatoms. The van der Waals surface area contributed by atoms with Crippen LogP contribution in [0.4, 0.5) is 0 Å². The highest BCUT2D eigenvalue weighted by Gasteiger charge is 2.22. The molecule has 1 heterocycles. The minimum Gasteiger partial charge on any atom is -0.196 e. The molecule has 1 fully saturated rings. The standard InChI is InChI=1S/C3H7N2O2S/c1-5-3-2-4-8(5,6)7/h2,4H,3H2,1H3. The van der Waals surface area contributed by atoms with Gasteiger partial charge in [0.2, 0.25) is 0 Å². The summed E-state index contributed by atoms with van der Waals surface area (Å²) in [6.45, 7) is 1.96. The van der Waals surface area contributed by atoms with Gasteiger partial charge in [0, 0.05) is 13.6 Å². The lowest BCUT2D eigenvalue weighted by atomic mass is 10.7. The number of likely N-dealkylation sites (N-methyl/N-ethyl adjacent to an activating group) is 1. The van der Waals surface area contributed by atoms with Crippen LogP contribution >= 0.6 is 0 Å². The summed E-state index contributed by atoms with van der Waals surface area (Å²) in [5.74, 6) is 0. The van der Waals surface area contributed by atoms with E-state index in [2.05, 4.69) is 4.72 Å². The fraction of sp³-hybridized carbons (Fsp3) is 0.667. The first-order valence-corrected chi connectivity index (χ1v) is 3.62. The molecule has 1 N–H and O–H groups in total. The van der Waals surface area contributed by atoms with Crippen LogP contribution in [0.25, 0.3) is 0 Å². The summed E-state index contributed by atoms with van der Waals surface area (Å²) in [5.41, 5.74) is 0. The second-order valence-corrected chi connectivity index (χ2v) is 3.42. The monoisotopic (exact) mass is 135 g/mol. The molecule has 8 heavy (non-hydrogen) atoms. The molecule has 0 atom stereocenters. The van der Waals surface area contributed by atoms with Crippen LogP contribution in [0.1, 0.15) is 0 Å². The smallest absolute Gasteiger partial charge is 0.196 e. The summed E-state index contributed by atoms with van der Waals surface area (Å²) in [7, 11) is -1.58. The maximum absolute atomic E-state index is 10.5. The third kappa shape index (κ3) is 0.841. The summed E-state index contributed by atoms with van der Waals surface area (Å²) >= 11 is 0. The minimum atomic E-state index is -3.10. The Morgan fingerprint density at radius 3 is 2.50 bits per heavy atom. The average molecular weight is 135 g/mol. The molecule has 0 spiro atoms. The largest absolute Gasteiger partial charge is 0.279 e. The Hall–Kier alpha value is -0.130. The number of nitrogens with one attached hydrogen (secondary N) is 1. The SMILES string of the molecule is CN1C[CH]NS1(=O)=O. The van der Waals surface area contributed by atoms with Crippen molar-refractivity contribution in [2.24, 2.45) is 0 Å². The first-order chi connectivity index (χ1) is 3.63. The molecule has 0 saturated carbocycles. The molecule has 0 aliphatic carbocycles. The van der Waals surface area contributed by atoms with Crippen molar-refractivity contribution in [3.63, 3.8) is 0 Å². The summed E-state index contributed by atoms with van der Waals surface area (Å²) < 4.78 is 24.5. The van der Waals surface area contributed by atoms with Gasteiger partial charge in [-0.3, -0.25) is 0 Å². The van der Waals surface area contributed by atoms with Crippen LogP contribution in [0.5, 0.6) is 0 Å². The van der Waals surface area contributed by atoms with Crippen LogP contribution in [0.15, 0.2) is 0 Å². The van der Waals surface area contributed by atoms with Crippen LogP contribution in [0, 0.1) is 6.54 Å². The first-order valence-electron chi connectivity index (χ1n) is 2.18. The van der Waals surface area contributed by atoms with Gasteiger partial charge in [0.25, 0.3) is 10.2 Å². The maximum Gasteiger partial charge on any atom is 0.279 e. The van der Waals surface area contributed by atoms with E-state index in [0.29, 0.717) is 6.54 Å². The molecule has 0 aromatic rings. The molecular formula is C3H7N2O2S. The van der Waals surface area contributed by atoms with Gasteiger partial charge in [-0.2, -0.15) is 17.4 Å². The van der Waals surface area contributed by atoms with Crippen molar-refractivity contribution >= 4 is 10.2 Å². The summed E-state index contributed by atoms with van der Waals surface area (Å²) in [6.07, 6.45) is 0. The predicted molar refractivity (Wildman–Crippen MR) is 29.0 cm³/mol. The molecule has 0 unspecified atom stereocenters. The van der Waals surface area contributed by atoms with Crippen molar-refractivity contribution in [1.29, 1.82) is 0 Å². The van der Waals surface area contributed by atoms with Gasteiger partial charge in [0.05, 0.1) is 6.54 Å². The van der Waals surface area contributed by atoms with Gasteiger partial charge in [0.1, 0.15) is 0 Å². The Kier molecular flexibility index (Phi) is 1.26. The van der Waals surface area contributed by atoms with E-state index in [0.717, 1.165) is 0 Å². The first kappa shape index (κ1) is 6.00. The van der Waals surface area contributed by atoms with Crippen LogP contribution in [-0.4, -0.2) is 26.3 Å². The van der Waals surface area contributed by atoms with Crippen molar-refractivity contribution < 1.29 is 8.42 Å². The quantitative estimate of drug-likeness (QED) is 0.459. The lowest BCUT2D eigenvalue weighted by Crippen LogP contribution is -2.25. The van der Waals surface area contributed by atoms with Gasteiger partial charge >= 0.3 is 0 Å². The highest BCUT2D eigenvalue weighted by molar-refractivity contribution is 7.87. The molecule has 1 rings (SSSR count). The van der Waals surface area contributed by atoms with Crippen LogP contribution in [-0.2, 0) is 10.2 Å². The summed E-state index contributed by atoms with van der Waals surface area (Å²) in [5, 5.41) is 0. The Morgan fingerprint density at radius 1 is 1.75 bits per heavy atom. The van der Waals surface area contributed by atoms with Gasteiger partial charge in [-0.1, -0.05) is 0 Å². The van der Waals surface area contributed by atoms with Gasteiger partial charge < -0.3 is 0 Å². The fourth-order valence-electron chi connectivity index (χ4n) is 0.459. The maximum atomic E-state index is 10.5. The van der Waals surface area contributed by atoms with Crippen LogP contribution in [0.2, 0.25) is 0 Å². The van der Waals surface area contributed by atoms with Gasteiger partial charge in [-0.25, -0.2) is 0 Å². The van der Waals surface area contributed by atoms with Gasteiger partial charge in [0.15, 0.2) is 0 Å². The minimum absolute atomic E-state index is 0.461. The van der Waals surface area contributed by atoms with E-state index in [1.54, 1.807) is 0 Å². The Labute approximate surface area is 48.7 Å². The van der Waals surface area contributed by atoms with E-state index in [9.17, 15) is 8.42 Å². The second kappa shape index (κ2) is 1.68. The second-order valence-electron chi connectivity index (χ2n) is 1.61. The molecule has 1 aliphatic heterocycles. The van der Waals surface area contributed by atoms with E-state index in [-0.39, 0.29) is 0 Å². The van der Waals surface area contributed by atoms with Crippen molar-refractivity contribution in [2.75, 3.05) is 13.6 Å². The summed E-state index contributed by atoms with van der Waals surface area (Å²) in [6, 6.07) is 0. The lowest BCUT2D eigenvalue weighted by Gasteiger charge is -2.01. The fourth-order valence-corrected chi connectivity index (χ4v) is 1.20. The Morgan fingerprint density at radius 2 is 2.38 bits per heavy atom. The highest BCUT2D eigenvalue weighted by Crippen LogP contribution is 2.01. The molecule has 1 saturated heterocycles. The number of rotatable bonds is 0. The predicted octanol–water partition coefficient (Wildman–Crippen LogP) is -1.07. The van der Waals surface area contributed by atoms with Crippen molar-refractivity contribution in [1.82, 2.24) is 9.03 Å². The van der Waals surface area contributed by atoms with E-state index in [4.69, 9.17) is 0 Å². The normalized spacial score (nSPS) is 28.6. The number of hydrogen-bond donors (Lipinski definition) is 1. The molecular weight excluding hydrogens is 128 g/mol. The number of hydrogen-bond acceptors (Lipinski definition) is 2. The molecule has 0 aromatic carbocycles. The molecule has 4 nitrogen and oxygen atoms in total. The highest BCUT2D eigenvalue weighted by atomic mass is 32.2. The lowest BCUT2D eigenvalue weighted by molar-refractivity contribution is 0.515. The third-order valence-corrected chi connectivity index (χ3v) is 2.43. The zero-order valence-corrected chi connectivity index (χ0v) is 5.27. The topological polar surface area (TPSA) is 49.4 Å². The van der Waals surface area contributed by atoms with E-state index < -0.39 is 10.2 Å². The molecule has 1 radical (unpaired) electrons. The van der Waals surface area contributed by atoms with Crippen LogP contribution in [0.3, 0.4) is 0 Å². The molecule has 1 aliphatic rings.